The Labute approximate surface area is 92.4 Å². The van der Waals surface area contributed by atoms with E-state index in [9.17, 15) is 0 Å². The highest BCUT2D eigenvalue weighted by Gasteiger charge is 1.90. The van der Waals surface area contributed by atoms with E-state index in [1.165, 1.54) is 74.3 Å². The van der Waals surface area contributed by atoms with Gasteiger partial charge >= 0.3 is 0 Å². The predicted molar refractivity (Wildman–Crippen MR) is 69.0 cm³/mol. The van der Waals surface area contributed by atoms with Crippen LogP contribution in [0.25, 0.3) is 0 Å². The number of nitrogens with two attached hydrogens (primary N) is 1. The Balaban J connectivity index is 2.78. The Morgan fingerprint density at radius 2 is 1.36 bits per heavy atom. The second kappa shape index (κ2) is 13.1. The van der Waals surface area contributed by atoms with Gasteiger partial charge in [0.15, 0.2) is 0 Å². The van der Waals surface area contributed by atoms with Crippen molar-refractivity contribution >= 4 is 10.2 Å². The van der Waals surface area contributed by atoms with E-state index >= 15 is 0 Å². The van der Waals surface area contributed by atoms with Gasteiger partial charge < -0.3 is 11.1 Å². The van der Waals surface area contributed by atoms with E-state index in [0.29, 0.717) is 0 Å². The van der Waals surface area contributed by atoms with Crippen LogP contribution in [0.15, 0.2) is 0 Å². The molecule has 0 saturated carbocycles. The van der Waals surface area contributed by atoms with Gasteiger partial charge in [0, 0.05) is 10.2 Å². The quantitative estimate of drug-likeness (QED) is 0.400. The summed E-state index contributed by atoms with van der Waals surface area (Å²) in [4.78, 5) is 0. The first-order valence-electron chi connectivity index (χ1n) is 6.32. The van der Waals surface area contributed by atoms with Crippen molar-refractivity contribution in [3.63, 3.8) is 0 Å². The molecule has 0 rings (SSSR count). The van der Waals surface area contributed by atoms with Crippen LogP contribution in [-0.4, -0.2) is 29.9 Å². The monoisotopic (exact) mass is 216 g/mol. The third-order valence-corrected chi connectivity index (χ3v) is 3.22. The van der Waals surface area contributed by atoms with Gasteiger partial charge in [0.1, 0.15) is 0 Å². The molecule has 0 aliphatic carbocycles. The molecule has 0 atom stereocenters. The highest BCUT2D eigenvalue weighted by atomic mass is 28.1. The zero-order valence-electron chi connectivity index (χ0n) is 9.86. The minimum absolute atomic E-state index is 0.863. The molecule has 0 amide bonds. The molecule has 0 aromatic carbocycles. The first-order valence-corrected chi connectivity index (χ1v) is 7.74. The Kier molecular flexibility index (Phi) is 13.3. The van der Waals surface area contributed by atoms with Crippen molar-refractivity contribution in [1.82, 2.24) is 5.32 Å². The normalized spacial score (nSPS) is 10.9. The summed E-state index contributed by atoms with van der Waals surface area (Å²) >= 11 is 0. The van der Waals surface area contributed by atoms with Crippen molar-refractivity contribution in [1.29, 1.82) is 0 Å². The molecule has 0 unspecified atom stereocenters. The Morgan fingerprint density at radius 1 is 0.786 bits per heavy atom. The molecule has 0 heterocycles. The maximum atomic E-state index is 5.43. The van der Waals surface area contributed by atoms with Gasteiger partial charge in [-0.25, -0.2) is 0 Å². The molecular formula is C11H28N2Si. The molecule has 0 aliphatic heterocycles. The molecule has 3 N–H and O–H groups in total. The Bertz CT molecular complexity index is 87.3. The van der Waals surface area contributed by atoms with Crippen molar-refractivity contribution in [2.45, 2.75) is 51.0 Å². The summed E-state index contributed by atoms with van der Waals surface area (Å²) in [5, 5.41) is 3.49. The molecule has 86 valence electrons. The van der Waals surface area contributed by atoms with Crippen molar-refractivity contribution in [2.24, 2.45) is 5.73 Å². The fourth-order valence-corrected chi connectivity index (χ4v) is 1.88. The van der Waals surface area contributed by atoms with Crippen molar-refractivity contribution in [3.05, 3.63) is 0 Å². The fourth-order valence-electron chi connectivity index (χ4n) is 1.53. The highest BCUT2D eigenvalue weighted by molar-refractivity contribution is 6.08. The number of hydrogen-bond donors (Lipinski definition) is 2. The number of nitrogens with one attached hydrogen (secondary N) is 1. The van der Waals surface area contributed by atoms with Crippen molar-refractivity contribution in [2.75, 3.05) is 19.6 Å². The van der Waals surface area contributed by atoms with Gasteiger partial charge in [0.05, 0.1) is 0 Å². The molecule has 3 heteroatoms. The van der Waals surface area contributed by atoms with E-state index in [2.05, 4.69) is 5.32 Å². The van der Waals surface area contributed by atoms with Crippen LogP contribution in [0.5, 0.6) is 0 Å². The minimum atomic E-state index is 0.863. The predicted octanol–water partition coefficient (Wildman–Crippen LogP) is 1.05. The topological polar surface area (TPSA) is 38.0 Å². The summed E-state index contributed by atoms with van der Waals surface area (Å²) in [6.45, 7) is 3.32. The summed E-state index contributed by atoms with van der Waals surface area (Å²) < 4.78 is 0. The summed E-state index contributed by atoms with van der Waals surface area (Å²) in [5.41, 5.74) is 5.43. The maximum absolute atomic E-state index is 5.43. The van der Waals surface area contributed by atoms with Crippen LogP contribution in [-0.2, 0) is 0 Å². The van der Waals surface area contributed by atoms with Crippen LogP contribution in [0, 0.1) is 0 Å². The summed E-state index contributed by atoms with van der Waals surface area (Å²) in [6.07, 6.45) is 9.41. The summed E-state index contributed by atoms with van der Waals surface area (Å²) in [7, 11) is 1.36. The van der Waals surface area contributed by atoms with Gasteiger partial charge in [-0.15, -0.1) is 0 Å². The molecule has 0 aliphatic rings. The Hall–Kier alpha value is 0.137. The van der Waals surface area contributed by atoms with E-state index in [1.807, 2.05) is 0 Å². The van der Waals surface area contributed by atoms with Crippen LogP contribution in [0.2, 0.25) is 6.04 Å². The van der Waals surface area contributed by atoms with E-state index < -0.39 is 0 Å². The van der Waals surface area contributed by atoms with Crippen LogP contribution in [0.4, 0.5) is 0 Å². The largest absolute Gasteiger partial charge is 0.330 e. The van der Waals surface area contributed by atoms with Gasteiger partial charge in [0.2, 0.25) is 0 Å². The zero-order valence-corrected chi connectivity index (χ0v) is 11.9. The average Bonchev–Trinajstić information content (AvgIpc) is 2.21. The van der Waals surface area contributed by atoms with Gasteiger partial charge in [-0.1, -0.05) is 31.7 Å². The molecular weight excluding hydrogens is 188 g/mol. The molecule has 0 bridgehead atoms. The van der Waals surface area contributed by atoms with Gasteiger partial charge in [-0.2, -0.15) is 0 Å². The van der Waals surface area contributed by atoms with E-state index in [4.69, 9.17) is 5.73 Å². The van der Waals surface area contributed by atoms with Gasteiger partial charge in [-0.3, -0.25) is 0 Å². The molecule has 0 fully saturated rings. The third-order valence-electron chi connectivity index (χ3n) is 2.51. The second-order valence-corrected chi connectivity index (χ2v) is 5.01. The minimum Gasteiger partial charge on any atom is -0.330 e. The lowest BCUT2D eigenvalue weighted by Crippen LogP contribution is -2.16. The standard InChI is InChI=1S/C11H28N2Si/c12-8-5-3-1-2-4-6-9-13-10-7-11-14/h13H,1-12H2,14H3. The molecule has 2 nitrogen and oxygen atoms in total. The number of unbranched alkanes of at least 4 members (excludes halogenated alkanes) is 5. The number of rotatable bonds is 11. The van der Waals surface area contributed by atoms with Gasteiger partial charge in [0.25, 0.3) is 0 Å². The van der Waals surface area contributed by atoms with Crippen LogP contribution in [0.3, 0.4) is 0 Å². The fraction of sp³-hybridized carbons (Fsp3) is 1.00. The van der Waals surface area contributed by atoms with E-state index in [1.54, 1.807) is 0 Å². The Morgan fingerprint density at radius 3 is 2.00 bits per heavy atom. The summed E-state index contributed by atoms with van der Waals surface area (Å²) in [5.74, 6) is 0. The molecule has 14 heavy (non-hydrogen) atoms. The second-order valence-electron chi connectivity index (χ2n) is 4.01. The molecule has 0 radical (unpaired) electrons. The SMILES string of the molecule is NCCCCCCCCNCCC[SiH3]. The molecule has 0 aromatic heterocycles. The smallest absolute Gasteiger partial charge is 0.00286 e. The first-order chi connectivity index (χ1) is 6.91. The van der Waals surface area contributed by atoms with Crippen LogP contribution < -0.4 is 11.1 Å². The van der Waals surface area contributed by atoms with Gasteiger partial charge in [-0.05, 0) is 38.9 Å². The average molecular weight is 216 g/mol. The molecule has 0 saturated heterocycles. The van der Waals surface area contributed by atoms with E-state index in [0.717, 1.165) is 6.54 Å². The van der Waals surface area contributed by atoms with Crippen LogP contribution >= 0.6 is 0 Å². The lowest BCUT2D eigenvalue weighted by atomic mass is 10.1. The lowest BCUT2D eigenvalue weighted by molar-refractivity contribution is 0.566. The lowest BCUT2D eigenvalue weighted by Gasteiger charge is -2.03. The van der Waals surface area contributed by atoms with Crippen molar-refractivity contribution in [3.8, 4) is 0 Å². The summed E-state index contributed by atoms with van der Waals surface area (Å²) in [6, 6.07) is 1.44. The van der Waals surface area contributed by atoms with Crippen molar-refractivity contribution < 1.29 is 0 Å². The highest BCUT2D eigenvalue weighted by Crippen LogP contribution is 2.03. The number of hydrogen-bond acceptors (Lipinski definition) is 2. The molecule has 0 spiro atoms. The van der Waals surface area contributed by atoms with E-state index in [-0.39, 0.29) is 0 Å². The maximum Gasteiger partial charge on any atom is 0.00286 e. The van der Waals surface area contributed by atoms with Crippen LogP contribution in [0.1, 0.15) is 44.9 Å². The zero-order chi connectivity index (χ0) is 10.5. The molecule has 0 aromatic rings. The third kappa shape index (κ3) is 12.1. The first kappa shape index (κ1) is 14.1.